The summed E-state index contributed by atoms with van der Waals surface area (Å²) >= 11 is 12.7. The van der Waals surface area contributed by atoms with Crippen molar-refractivity contribution in [2.45, 2.75) is 6.54 Å². The van der Waals surface area contributed by atoms with Gasteiger partial charge in [0.25, 0.3) is 0 Å². The number of fused-ring (bicyclic) bond motifs is 1. The molecule has 2 aromatic heterocycles. The highest BCUT2D eigenvalue weighted by atomic mass is 35.5. The topological polar surface area (TPSA) is 55.1 Å². The zero-order chi connectivity index (χ0) is 16.2. The maximum atomic E-state index is 5.85. The maximum Gasteiger partial charge on any atom is 0.169 e. The minimum atomic E-state index is 0.614. The SMILES string of the molecule is C=CCn1c(=S)sc2c(N/N=C\c3ccc(Cl)cc3)ncnc21. The number of hydrogen-bond acceptors (Lipinski definition) is 6. The molecule has 0 bridgehead atoms. The van der Waals surface area contributed by atoms with Crippen molar-refractivity contribution < 1.29 is 0 Å². The number of nitrogens with zero attached hydrogens (tertiary/aromatic N) is 4. The van der Waals surface area contributed by atoms with Gasteiger partial charge < -0.3 is 4.57 Å². The predicted molar refractivity (Wildman–Crippen MR) is 99.1 cm³/mol. The van der Waals surface area contributed by atoms with Crippen LogP contribution in [-0.4, -0.2) is 20.7 Å². The van der Waals surface area contributed by atoms with Crippen LogP contribution in [0.1, 0.15) is 5.56 Å². The van der Waals surface area contributed by atoms with Crippen LogP contribution in [0, 0.1) is 3.95 Å². The largest absolute Gasteiger partial charge is 0.304 e. The smallest absolute Gasteiger partial charge is 0.169 e. The molecule has 0 unspecified atom stereocenters. The van der Waals surface area contributed by atoms with Gasteiger partial charge in [-0.3, -0.25) is 5.43 Å². The minimum Gasteiger partial charge on any atom is -0.304 e. The first-order valence-corrected chi connectivity index (χ1v) is 8.29. The average Bonchev–Trinajstić information content (AvgIpc) is 2.87. The highest BCUT2D eigenvalue weighted by Gasteiger charge is 2.10. The average molecular weight is 362 g/mol. The predicted octanol–water partition coefficient (Wildman–Crippen LogP) is 4.51. The van der Waals surface area contributed by atoms with Gasteiger partial charge in [0, 0.05) is 11.6 Å². The summed E-state index contributed by atoms with van der Waals surface area (Å²) in [5.74, 6) is 0.624. The molecule has 0 saturated heterocycles. The van der Waals surface area contributed by atoms with Gasteiger partial charge in [-0.05, 0) is 29.9 Å². The van der Waals surface area contributed by atoms with Crippen molar-refractivity contribution in [2.75, 3.05) is 5.43 Å². The summed E-state index contributed by atoms with van der Waals surface area (Å²) < 4.78 is 3.51. The number of hydrogen-bond donors (Lipinski definition) is 1. The quantitative estimate of drug-likeness (QED) is 0.314. The first kappa shape index (κ1) is 15.8. The Bertz CT molecular complexity index is 927. The molecule has 5 nitrogen and oxygen atoms in total. The summed E-state index contributed by atoms with van der Waals surface area (Å²) in [6, 6.07) is 7.39. The molecular weight excluding hydrogens is 350 g/mol. The van der Waals surface area contributed by atoms with Crippen molar-refractivity contribution in [1.82, 2.24) is 14.5 Å². The Hall–Kier alpha value is -2.09. The third-order valence-corrected chi connectivity index (χ3v) is 4.71. The van der Waals surface area contributed by atoms with Gasteiger partial charge in [-0.1, -0.05) is 41.1 Å². The van der Waals surface area contributed by atoms with Crippen molar-refractivity contribution in [3.63, 3.8) is 0 Å². The lowest BCUT2D eigenvalue weighted by Gasteiger charge is -2.02. The summed E-state index contributed by atoms with van der Waals surface area (Å²) in [6.07, 6.45) is 4.98. The van der Waals surface area contributed by atoms with Gasteiger partial charge in [-0.25, -0.2) is 9.97 Å². The van der Waals surface area contributed by atoms with Crippen molar-refractivity contribution in [1.29, 1.82) is 0 Å². The summed E-state index contributed by atoms with van der Waals surface area (Å²) in [6.45, 7) is 4.36. The molecule has 1 aromatic carbocycles. The fraction of sp³-hybridized carbons (Fsp3) is 0.0667. The van der Waals surface area contributed by atoms with Crippen molar-refractivity contribution >= 4 is 57.5 Å². The number of anilines is 1. The van der Waals surface area contributed by atoms with E-state index in [1.54, 1.807) is 12.3 Å². The molecule has 116 valence electrons. The molecule has 0 saturated carbocycles. The van der Waals surface area contributed by atoms with Crippen molar-refractivity contribution in [3.05, 3.63) is 57.8 Å². The maximum absolute atomic E-state index is 5.85. The Labute approximate surface area is 147 Å². The van der Waals surface area contributed by atoms with E-state index in [-0.39, 0.29) is 0 Å². The Morgan fingerprint density at radius 3 is 2.87 bits per heavy atom. The second-order valence-electron chi connectivity index (χ2n) is 4.56. The van der Waals surface area contributed by atoms with Crippen LogP contribution in [0.4, 0.5) is 5.82 Å². The van der Waals surface area contributed by atoms with E-state index >= 15 is 0 Å². The lowest BCUT2D eigenvalue weighted by Crippen LogP contribution is -1.99. The second-order valence-corrected chi connectivity index (χ2v) is 6.64. The molecule has 2 heterocycles. The van der Waals surface area contributed by atoms with Crippen LogP contribution < -0.4 is 5.43 Å². The summed E-state index contributed by atoms with van der Waals surface area (Å²) in [7, 11) is 0. The van der Waals surface area contributed by atoms with E-state index in [1.807, 2.05) is 28.8 Å². The fourth-order valence-electron chi connectivity index (χ4n) is 1.97. The van der Waals surface area contributed by atoms with Gasteiger partial charge in [0.1, 0.15) is 11.0 Å². The highest BCUT2D eigenvalue weighted by Crippen LogP contribution is 2.27. The molecule has 0 spiro atoms. The molecule has 0 atom stereocenters. The third kappa shape index (κ3) is 3.47. The number of nitrogens with one attached hydrogen (secondary N) is 1. The molecule has 0 aliphatic carbocycles. The number of thiazole rings is 1. The number of benzene rings is 1. The standard InChI is InChI=1S/C15H12ClN5S2/c1-2-7-21-14-12(23-15(21)22)13(17-9-18-14)20-19-8-10-3-5-11(16)6-4-10/h2-6,8-9H,1,7H2,(H,17,18,20)/b19-8-. The van der Waals surface area contributed by atoms with E-state index in [0.717, 1.165) is 19.9 Å². The molecule has 23 heavy (non-hydrogen) atoms. The van der Waals surface area contributed by atoms with E-state index in [9.17, 15) is 0 Å². The molecule has 3 aromatic rings. The Morgan fingerprint density at radius 2 is 2.13 bits per heavy atom. The van der Waals surface area contributed by atoms with Crippen LogP contribution in [0.15, 0.2) is 48.3 Å². The van der Waals surface area contributed by atoms with E-state index < -0.39 is 0 Å². The van der Waals surface area contributed by atoms with E-state index in [1.165, 1.54) is 17.7 Å². The van der Waals surface area contributed by atoms with Crippen LogP contribution in [0.5, 0.6) is 0 Å². The number of rotatable bonds is 5. The lowest BCUT2D eigenvalue weighted by molar-refractivity contribution is 0.845. The Morgan fingerprint density at radius 1 is 1.35 bits per heavy atom. The third-order valence-electron chi connectivity index (χ3n) is 3.02. The van der Waals surface area contributed by atoms with Gasteiger partial charge in [-0.2, -0.15) is 5.10 Å². The van der Waals surface area contributed by atoms with Gasteiger partial charge >= 0.3 is 0 Å². The monoisotopic (exact) mass is 361 g/mol. The van der Waals surface area contributed by atoms with E-state index in [0.29, 0.717) is 17.4 Å². The van der Waals surface area contributed by atoms with Crippen LogP contribution in [0.3, 0.4) is 0 Å². The summed E-state index contributed by atoms with van der Waals surface area (Å²) in [5.41, 5.74) is 4.65. The second kappa shape index (κ2) is 6.99. The molecule has 0 radical (unpaired) electrons. The van der Waals surface area contributed by atoms with Gasteiger partial charge in [0.2, 0.25) is 0 Å². The molecule has 1 N–H and O–H groups in total. The van der Waals surface area contributed by atoms with Crippen LogP contribution >= 0.6 is 35.2 Å². The number of halogens is 1. The van der Waals surface area contributed by atoms with Crippen LogP contribution in [0.25, 0.3) is 10.3 Å². The number of aromatic nitrogens is 3. The zero-order valence-electron chi connectivity index (χ0n) is 11.9. The van der Waals surface area contributed by atoms with Crippen LogP contribution in [0.2, 0.25) is 5.02 Å². The molecule has 0 amide bonds. The first-order valence-electron chi connectivity index (χ1n) is 6.69. The molecular formula is C15H12ClN5S2. The number of allylic oxidation sites excluding steroid dienone is 1. The first-order chi connectivity index (χ1) is 11.2. The van der Waals surface area contributed by atoms with E-state index in [2.05, 4.69) is 27.1 Å². The van der Waals surface area contributed by atoms with Crippen molar-refractivity contribution in [3.8, 4) is 0 Å². The molecule has 8 heteroatoms. The van der Waals surface area contributed by atoms with Gasteiger partial charge in [0.15, 0.2) is 15.4 Å². The molecule has 0 aliphatic heterocycles. The normalized spacial score (nSPS) is 11.2. The Balaban J connectivity index is 1.88. The fourth-order valence-corrected chi connectivity index (χ4v) is 3.40. The molecule has 0 aliphatic rings. The van der Waals surface area contributed by atoms with Crippen molar-refractivity contribution in [2.24, 2.45) is 5.10 Å². The highest BCUT2D eigenvalue weighted by molar-refractivity contribution is 7.73. The minimum absolute atomic E-state index is 0.614. The summed E-state index contributed by atoms with van der Waals surface area (Å²) in [5, 5.41) is 4.90. The number of hydrazone groups is 1. The summed E-state index contributed by atoms with van der Waals surface area (Å²) in [4.78, 5) is 8.53. The van der Waals surface area contributed by atoms with Gasteiger partial charge in [-0.15, -0.1) is 6.58 Å². The Kier molecular flexibility index (Phi) is 4.80. The zero-order valence-corrected chi connectivity index (χ0v) is 14.3. The van der Waals surface area contributed by atoms with Gasteiger partial charge in [0.05, 0.1) is 6.21 Å². The van der Waals surface area contributed by atoms with Crippen LogP contribution in [-0.2, 0) is 6.54 Å². The van der Waals surface area contributed by atoms with E-state index in [4.69, 9.17) is 23.8 Å². The lowest BCUT2D eigenvalue weighted by atomic mass is 10.2. The molecule has 3 rings (SSSR count). The molecule has 0 fully saturated rings.